The van der Waals surface area contributed by atoms with Crippen molar-refractivity contribution in [3.05, 3.63) is 90.6 Å². The molecule has 0 N–H and O–H groups in total. The molecule has 0 bridgehead atoms. The van der Waals surface area contributed by atoms with Gasteiger partial charge in [-0.05, 0) is 23.8 Å². The number of thiazole rings is 1. The highest BCUT2D eigenvalue weighted by molar-refractivity contribution is 7.07. The van der Waals surface area contributed by atoms with E-state index in [2.05, 4.69) is 6.07 Å². The first kappa shape index (κ1) is 21.4. The maximum Gasteiger partial charge on any atom is 0.269 e. The van der Waals surface area contributed by atoms with Gasteiger partial charge in [-0.15, -0.1) is 11.3 Å². The Kier molecular flexibility index (Phi) is 6.14. The Morgan fingerprint density at radius 2 is 1.83 bits per heavy atom. The predicted molar refractivity (Wildman–Crippen MR) is 117 cm³/mol. The number of halogens is 1. The van der Waals surface area contributed by atoms with E-state index in [9.17, 15) is 19.2 Å². The van der Waals surface area contributed by atoms with Crippen molar-refractivity contribution < 1.29 is 9.18 Å². The van der Waals surface area contributed by atoms with E-state index in [4.69, 9.17) is 0 Å². The number of ketones is 1. The second-order valence-corrected chi connectivity index (χ2v) is 8.95. The van der Waals surface area contributed by atoms with Crippen LogP contribution in [0.1, 0.15) is 37.5 Å². The van der Waals surface area contributed by atoms with E-state index >= 15 is 0 Å². The molecule has 30 heavy (non-hydrogen) atoms. The summed E-state index contributed by atoms with van der Waals surface area (Å²) in [6.45, 7) is 5.56. The van der Waals surface area contributed by atoms with Gasteiger partial charge < -0.3 is 0 Å². The van der Waals surface area contributed by atoms with Crippen LogP contribution in [0.3, 0.4) is 0 Å². The zero-order valence-electron chi connectivity index (χ0n) is 17.0. The van der Waals surface area contributed by atoms with Gasteiger partial charge in [0.1, 0.15) is 10.5 Å². The van der Waals surface area contributed by atoms with Crippen LogP contribution in [0.4, 0.5) is 4.39 Å². The highest BCUT2D eigenvalue weighted by atomic mass is 32.1. The van der Waals surface area contributed by atoms with Crippen molar-refractivity contribution >= 4 is 29.3 Å². The Labute approximate surface area is 177 Å². The Morgan fingerprint density at radius 3 is 2.50 bits per heavy atom. The molecule has 2 aromatic carbocycles. The number of carbonyl (C=O) groups is 1. The zero-order valence-corrected chi connectivity index (χ0v) is 17.8. The van der Waals surface area contributed by atoms with E-state index in [1.165, 1.54) is 22.8 Å². The van der Waals surface area contributed by atoms with Gasteiger partial charge in [-0.1, -0.05) is 57.2 Å². The van der Waals surface area contributed by atoms with Crippen molar-refractivity contribution in [2.45, 2.75) is 27.3 Å². The van der Waals surface area contributed by atoms with Crippen LogP contribution in [0.25, 0.3) is 12.2 Å². The van der Waals surface area contributed by atoms with E-state index in [0.29, 0.717) is 25.9 Å². The summed E-state index contributed by atoms with van der Waals surface area (Å²) in [6.07, 6.45) is 2.95. The topological polar surface area (TPSA) is 62.9 Å². The molecule has 0 aliphatic carbocycles. The number of Topliss-reactive ketones (excluding diaryl/α,β-unsaturated/α-hetero) is 1. The number of hydrogen-bond donors (Lipinski definition) is 0. The average molecular weight is 421 g/mol. The lowest BCUT2D eigenvalue weighted by Crippen LogP contribution is -2.33. The summed E-state index contributed by atoms with van der Waals surface area (Å²) < 4.78 is 16.4. The van der Waals surface area contributed by atoms with Crippen LogP contribution in [-0.2, 0) is 11.3 Å². The van der Waals surface area contributed by atoms with E-state index in [1.54, 1.807) is 63.2 Å². The summed E-state index contributed by atoms with van der Waals surface area (Å²) >= 11 is 1.14. The quantitative estimate of drug-likeness (QED) is 0.651. The molecule has 0 saturated carbocycles. The molecular weight excluding hydrogens is 399 g/mol. The summed E-state index contributed by atoms with van der Waals surface area (Å²) in [4.78, 5) is 25.8. The molecule has 3 rings (SSSR count). The minimum absolute atomic E-state index is 0.122. The van der Waals surface area contributed by atoms with Crippen LogP contribution in [-0.4, -0.2) is 10.4 Å². The lowest BCUT2D eigenvalue weighted by molar-refractivity contribution is -0.120. The molecule has 0 unspecified atom stereocenters. The molecule has 3 aromatic rings. The minimum Gasteiger partial charge on any atom is -0.294 e. The summed E-state index contributed by atoms with van der Waals surface area (Å²) in [5.74, 6) is -0.550. The summed E-state index contributed by atoms with van der Waals surface area (Å²) in [5, 5.41) is 9.37. The van der Waals surface area contributed by atoms with Crippen molar-refractivity contribution in [3.8, 4) is 6.07 Å². The SMILES string of the molecule is CC(C)(C)C(=O)/C=c1/s/c(=C\c2ccccc2F)c(=O)n1Cc1ccccc1C#N. The number of carbonyl (C=O) groups excluding carboxylic acids is 1. The predicted octanol–water partition coefficient (Wildman–Crippen LogP) is 3.19. The maximum atomic E-state index is 14.1. The first-order valence-electron chi connectivity index (χ1n) is 9.41. The van der Waals surface area contributed by atoms with E-state index < -0.39 is 11.2 Å². The van der Waals surface area contributed by atoms with Crippen LogP contribution < -0.4 is 14.8 Å². The van der Waals surface area contributed by atoms with Gasteiger partial charge >= 0.3 is 0 Å². The highest BCUT2D eigenvalue weighted by Crippen LogP contribution is 2.15. The first-order chi connectivity index (χ1) is 14.2. The number of hydrogen-bond acceptors (Lipinski definition) is 4. The van der Waals surface area contributed by atoms with Gasteiger partial charge in [0.25, 0.3) is 5.56 Å². The van der Waals surface area contributed by atoms with Crippen LogP contribution in [0.2, 0.25) is 0 Å². The molecule has 0 amide bonds. The average Bonchev–Trinajstić information content (AvgIpc) is 2.98. The lowest BCUT2D eigenvalue weighted by Gasteiger charge is -2.13. The van der Waals surface area contributed by atoms with E-state index in [-0.39, 0.29) is 17.9 Å². The molecular formula is C24H21FN2O2S. The van der Waals surface area contributed by atoms with Crippen molar-refractivity contribution in [3.63, 3.8) is 0 Å². The Morgan fingerprint density at radius 1 is 1.17 bits per heavy atom. The molecule has 0 aliphatic rings. The normalized spacial score (nSPS) is 12.8. The minimum atomic E-state index is -0.606. The number of nitrogens with zero attached hydrogens (tertiary/aromatic N) is 2. The molecule has 6 heteroatoms. The van der Waals surface area contributed by atoms with E-state index in [0.717, 1.165) is 11.3 Å². The third-order valence-corrected chi connectivity index (χ3v) is 5.65. The van der Waals surface area contributed by atoms with Crippen molar-refractivity contribution in [1.29, 1.82) is 5.26 Å². The monoisotopic (exact) mass is 420 g/mol. The van der Waals surface area contributed by atoms with E-state index in [1.807, 2.05) is 0 Å². The zero-order chi connectivity index (χ0) is 21.9. The molecule has 0 atom stereocenters. The van der Waals surface area contributed by atoms with Gasteiger partial charge in [0.05, 0.1) is 22.7 Å². The Bertz CT molecular complexity index is 1320. The Balaban J connectivity index is 2.24. The number of rotatable bonds is 4. The molecule has 0 radical (unpaired) electrons. The summed E-state index contributed by atoms with van der Waals surface area (Å²) in [7, 11) is 0. The van der Waals surface area contributed by atoms with Crippen LogP contribution in [0.5, 0.6) is 0 Å². The van der Waals surface area contributed by atoms with Crippen LogP contribution in [0, 0.1) is 22.6 Å². The molecule has 0 spiro atoms. The second kappa shape index (κ2) is 8.60. The summed E-state index contributed by atoms with van der Waals surface area (Å²) in [5.41, 5.74) is 0.502. The fraction of sp³-hybridized carbons (Fsp3) is 0.208. The molecule has 1 heterocycles. The van der Waals surface area contributed by atoms with Gasteiger partial charge in [-0.3, -0.25) is 14.2 Å². The van der Waals surface area contributed by atoms with Crippen molar-refractivity contribution in [2.24, 2.45) is 5.41 Å². The largest absolute Gasteiger partial charge is 0.294 e. The number of benzene rings is 2. The molecule has 4 nitrogen and oxygen atoms in total. The fourth-order valence-corrected chi connectivity index (χ4v) is 3.82. The van der Waals surface area contributed by atoms with Gasteiger partial charge in [0.2, 0.25) is 0 Å². The highest BCUT2D eigenvalue weighted by Gasteiger charge is 2.20. The van der Waals surface area contributed by atoms with Gasteiger partial charge in [-0.2, -0.15) is 5.26 Å². The molecule has 0 fully saturated rings. The van der Waals surface area contributed by atoms with Crippen molar-refractivity contribution in [2.75, 3.05) is 0 Å². The number of nitriles is 1. The van der Waals surface area contributed by atoms with Crippen LogP contribution in [0.15, 0.2) is 53.3 Å². The van der Waals surface area contributed by atoms with Gasteiger partial charge in [0.15, 0.2) is 5.78 Å². The van der Waals surface area contributed by atoms with Crippen LogP contribution >= 0.6 is 11.3 Å². The number of aromatic nitrogens is 1. The van der Waals surface area contributed by atoms with Gasteiger partial charge in [0, 0.05) is 17.1 Å². The lowest BCUT2D eigenvalue weighted by atomic mass is 9.91. The third kappa shape index (κ3) is 4.64. The Hall–Kier alpha value is -3.30. The molecule has 1 aromatic heterocycles. The van der Waals surface area contributed by atoms with Gasteiger partial charge in [-0.25, -0.2) is 4.39 Å². The third-order valence-electron chi connectivity index (χ3n) is 4.59. The van der Waals surface area contributed by atoms with Crippen molar-refractivity contribution in [1.82, 2.24) is 4.57 Å². The fourth-order valence-electron chi connectivity index (χ4n) is 2.79. The summed E-state index contributed by atoms with van der Waals surface area (Å²) in [6, 6.07) is 15.3. The first-order valence-corrected chi connectivity index (χ1v) is 10.2. The smallest absolute Gasteiger partial charge is 0.269 e. The maximum absolute atomic E-state index is 14.1. The molecule has 0 saturated heterocycles. The molecule has 152 valence electrons. The standard InChI is InChI=1S/C24H21FN2O2S/c1-24(2,3)21(28)13-22-27(15-18-10-5-4-9-17(18)14-26)23(29)20(30-22)12-16-8-6-7-11-19(16)25/h4-13H,15H2,1-3H3/b20-12-,22-13+. The second-order valence-electron chi connectivity index (χ2n) is 7.89. The molecule has 0 aliphatic heterocycles.